The second kappa shape index (κ2) is 5.58. The first-order chi connectivity index (χ1) is 8.22. The quantitative estimate of drug-likeness (QED) is 0.878. The Balaban J connectivity index is 3.01. The van der Waals surface area contributed by atoms with E-state index in [1.165, 1.54) is 18.2 Å². The molecule has 18 heavy (non-hydrogen) atoms. The Kier molecular flexibility index (Phi) is 4.59. The topological polar surface area (TPSA) is 55.5 Å². The first-order valence-electron chi connectivity index (χ1n) is 5.50. The molecular formula is C12H16F3NO2. The van der Waals surface area contributed by atoms with E-state index >= 15 is 0 Å². The third-order valence-corrected chi connectivity index (χ3v) is 2.60. The summed E-state index contributed by atoms with van der Waals surface area (Å²) in [5, 5.41) is 9.96. The molecule has 0 aliphatic carbocycles. The van der Waals surface area contributed by atoms with E-state index in [2.05, 4.69) is 4.74 Å². The van der Waals surface area contributed by atoms with Crippen LogP contribution in [-0.2, 0) is 0 Å². The minimum atomic E-state index is -4.79. The molecule has 0 spiro atoms. The van der Waals surface area contributed by atoms with Crippen LogP contribution < -0.4 is 10.5 Å². The Hall–Kier alpha value is -1.27. The van der Waals surface area contributed by atoms with E-state index in [1.807, 2.05) is 0 Å². The molecule has 0 aliphatic heterocycles. The molecule has 6 heteroatoms. The van der Waals surface area contributed by atoms with Crippen molar-refractivity contribution in [3.63, 3.8) is 0 Å². The van der Waals surface area contributed by atoms with Crippen LogP contribution in [0.25, 0.3) is 0 Å². The largest absolute Gasteiger partial charge is 0.573 e. The lowest BCUT2D eigenvalue weighted by molar-refractivity contribution is -0.275. The summed E-state index contributed by atoms with van der Waals surface area (Å²) in [6.07, 6.45) is -6.00. The van der Waals surface area contributed by atoms with Crippen molar-refractivity contribution in [1.82, 2.24) is 0 Å². The molecule has 0 radical (unpaired) electrons. The smallest absolute Gasteiger partial charge is 0.405 e. The fourth-order valence-electron chi connectivity index (χ4n) is 1.51. The van der Waals surface area contributed by atoms with Gasteiger partial charge in [-0.25, -0.2) is 0 Å². The van der Waals surface area contributed by atoms with Gasteiger partial charge in [0.15, 0.2) is 0 Å². The van der Waals surface area contributed by atoms with Crippen LogP contribution in [0.2, 0.25) is 0 Å². The molecule has 0 saturated carbocycles. The Bertz CT molecular complexity index is 393. The number of rotatable bonds is 4. The van der Waals surface area contributed by atoms with Crippen molar-refractivity contribution in [3.8, 4) is 5.75 Å². The van der Waals surface area contributed by atoms with Gasteiger partial charge in [0.1, 0.15) is 5.75 Å². The zero-order valence-electron chi connectivity index (χ0n) is 10.1. The number of hydrogen-bond donors (Lipinski definition) is 2. The molecule has 0 heterocycles. The minimum absolute atomic E-state index is 0.0380. The van der Waals surface area contributed by atoms with Crippen LogP contribution in [0, 0.1) is 5.92 Å². The number of aliphatic hydroxyl groups is 1. The highest BCUT2D eigenvalue weighted by atomic mass is 19.4. The molecule has 0 fully saturated rings. The summed E-state index contributed by atoms with van der Waals surface area (Å²) in [4.78, 5) is 0. The van der Waals surface area contributed by atoms with E-state index < -0.39 is 24.3 Å². The molecule has 3 N–H and O–H groups in total. The van der Waals surface area contributed by atoms with Gasteiger partial charge in [-0.3, -0.25) is 0 Å². The van der Waals surface area contributed by atoms with Gasteiger partial charge in [0.2, 0.25) is 0 Å². The maximum absolute atomic E-state index is 12.2. The van der Waals surface area contributed by atoms with Gasteiger partial charge in [0.05, 0.1) is 6.10 Å². The molecule has 3 nitrogen and oxygen atoms in total. The lowest BCUT2D eigenvalue weighted by atomic mass is 9.94. The molecule has 0 saturated heterocycles. The van der Waals surface area contributed by atoms with Gasteiger partial charge < -0.3 is 15.6 Å². The maximum atomic E-state index is 12.2. The van der Waals surface area contributed by atoms with Crippen LogP contribution in [0.15, 0.2) is 24.3 Å². The Morgan fingerprint density at radius 3 is 2.28 bits per heavy atom. The third-order valence-electron chi connectivity index (χ3n) is 2.60. The summed E-state index contributed by atoms with van der Waals surface area (Å²) in [6, 6.07) is 4.78. The van der Waals surface area contributed by atoms with Crippen LogP contribution in [0.5, 0.6) is 5.75 Å². The normalized spacial score (nSPS) is 15.6. The van der Waals surface area contributed by atoms with Crippen LogP contribution in [0.4, 0.5) is 13.2 Å². The van der Waals surface area contributed by atoms with Crippen LogP contribution in [0.1, 0.15) is 25.5 Å². The van der Waals surface area contributed by atoms with Gasteiger partial charge in [-0.15, -0.1) is 13.2 Å². The van der Waals surface area contributed by atoms with Gasteiger partial charge in [0, 0.05) is 11.6 Å². The van der Waals surface area contributed by atoms with Gasteiger partial charge in [-0.2, -0.15) is 0 Å². The molecule has 0 amide bonds. The lowest BCUT2D eigenvalue weighted by Gasteiger charge is -2.24. The number of alkyl halides is 3. The average molecular weight is 263 g/mol. The highest BCUT2D eigenvalue weighted by Gasteiger charge is 2.33. The first-order valence-corrected chi connectivity index (χ1v) is 5.50. The molecule has 0 aromatic heterocycles. The van der Waals surface area contributed by atoms with Crippen molar-refractivity contribution in [1.29, 1.82) is 0 Å². The number of halogens is 3. The number of para-hydroxylation sites is 1. The lowest BCUT2D eigenvalue weighted by Crippen LogP contribution is -2.34. The van der Waals surface area contributed by atoms with Crippen molar-refractivity contribution in [2.75, 3.05) is 0 Å². The number of nitrogens with two attached hydrogens (primary N) is 1. The van der Waals surface area contributed by atoms with E-state index in [0.717, 1.165) is 6.07 Å². The van der Waals surface area contributed by atoms with E-state index in [-0.39, 0.29) is 11.5 Å². The minimum Gasteiger partial charge on any atom is -0.405 e. The maximum Gasteiger partial charge on any atom is 0.573 e. The number of hydrogen-bond acceptors (Lipinski definition) is 3. The molecular weight excluding hydrogens is 247 g/mol. The van der Waals surface area contributed by atoms with Crippen molar-refractivity contribution in [3.05, 3.63) is 29.8 Å². The average Bonchev–Trinajstić information content (AvgIpc) is 2.25. The van der Waals surface area contributed by atoms with Crippen molar-refractivity contribution in [2.45, 2.75) is 32.4 Å². The summed E-state index contributed by atoms with van der Waals surface area (Å²) >= 11 is 0. The van der Waals surface area contributed by atoms with Gasteiger partial charge in [-0.1, -0.05) is 32.0 Å². The predicted molar refractivity (Wildman–Crippen MR) is 60.9 cm³/mol. The fraction of sp³-hybridized carbons (Fsp3) is 0.500. The van der Waals surface area contributed by atoms with E-state index in [4.69, 9.17) is 5.73 Å². The number of aliphatic hydroxyl groups excluding tert-OH is 1. The van der Waals surface area contributed by atoms with Crippen molar-refractivity contribution in [2.24, 2.45) is 11.7 Å². The van der Waals surface area contributed by atoms with Crippen LogP contribution in [-0.4, -0.2) is 17.5 Å². The van der Waals surface area contributed by atoms with Crippen molar-refractivity contribution >= 4 is 0 Å². The highest BCUT2D eigenvalue weighted by molar-refractivity contribution is 5.36. The van der Waals surface area contributed by atoms with E-state index in [9.17, 15) is 18.3 Å². The van der Waals surface area contributed by atoms with E-state index in [0.29, 0.717) is 0 Å². The zero-order chi connectivity index (χ0) is 13.9. The first kappa shape index (κ1) is 14.8. The highest BCUT2D eigenvalue weighted by Crippen LogP contribution is 2.32. The monoisotopic (exact) mass is 263 g/mol. The molecule has 1 aromatic carbocycles. The summed E-state index contributed by atoms with van der Waals surface area (Å²) in [5.74, 6) is -0.493. The molecule has 1 rings (SSSR count). The molecule has 1 aromatic rings. The van der Waals surface area contributed by atoms with Gasteiger partial charge >= 0.3 is 6.36 Å². The second-order valence-corrected chi connectivity index (χ2v) is 4.35. The zero-order valence-corrected chi connectivity index (χ0v) is 10.1. The molecule has 2 unspecified atom stereocenters. The summed E-state index contributed by atoms with van der Waals surface area (Å²) in [6.45, 7) is 3.56. The fourth-order valence-corrected chi connectivity index (χ4v) is 1.51. The Morgan fingerprint density at radius 2 is 1.78 bits per heavy atom. The van der Waals surface area contributed by atoms with Gasteiger partial charge in [-0.05, 0) is 12.0 Å². The van der Waals surface area contributed by atoms with Crippen molar-refractivity contribution < 1.29 is 23.0 Å². The molecule has 0 bridgehead atoms. The Morgan fingerprint density at radius 1 is 1.22 bits per heavy atom. The van der Waals surface area contributed by atoms with Gasteiger partial charge in [0.25, 0.3) is 0 Å². The standard InChI is InChI=1S/C12H16F3NO2/c1-7(2)10(16)11(17)8-5-3-4-6-9(8)18-12(13,14)15/h3-7,10-11,17H,16H2,1-2H3. The molecule has 2 atom stereocenters. The predicted octanol–water partition coefficient (Wildman–Crippen LogP) is 2.60. The summed E-state index contributed by atoms with van der Waals surface area (Å²) in [7, 11) is 0. The summed E-state index contributed by atoms with van der Waals surface area (Å²) < 4.78 is 40.5. The second-order valence-electron chi connectivity index (χ2n) is 4.35. The molecule has 0 aliphatic rings. The summed E-state index contributed by atoms with van der Waals surface area (Å²) in [5.41, 5.74) is 5.78. The number of ether oxygens (including phenoxy) is 1. The Labute approximate surface area is 103 Å². The SMILES string of the molecule is CC(C)C(N)C(O)c1ccccc1OC(F)(F)F. The van der Waals surface area contributed by atoms with Crippen LogP contribution in [0.3, 0.4) is 0 Å². The number of benzene rings is 1. The van der Waals surface area contributed by atoms with E-state index in [1.54, 1.807) is 13.8 Å². The molecule has 102 valence electrons. The third kappa shape index (κ3) is 3.89. The van der Waals surface area contributed by atoms with Crippen LogP contribution >= 0.6 is 0 Å².